The fraction of sp³-hybridized carbons (Fsp3) is 0.481. The molecule has 186 valence electrons. The van der Waals surface area contributed by atoms with E-state index in [2.05, 4.69) is 22.8 Å². The van der Waals surface area contributed by atoms with Gasteiger partial charge < -0.3 is 20.6 Å². The third-order valence-corrected chi connectivity index (χ3v) is 6.84. The van der Waals surface area contributed by atoms with E-state index in [0.717, 1.165) is 50.2 Å². The lowest BCUT2D eigenvalue weighted by Crippen LogP contribution is -2.38. The molecule has 2 aliphatic heterocycles. The average molecular weight is 479 g/mol. The zero-order valence-electron chi connectivity index (χ0n) is 20.0. The van der Waals surface area contributed by atoms with Gasteiger partial charge in [-0.15, -0.1) is 0 Å². The maximum Gasteiger partial charge on any atom is 0.310 e. The summed E-state index contributed by atoms with van der Waals surface area (Å²) in [7, 11) is 0. The number of carbonyl (C=O) groups excluding carboxylic acids is 2. The van der Waals surface area contributed by atoms with Crippen molar-refractivity contribution in [2.24, 2.45) is 0 Å². The molecule has 0 bridgehead atoms. The molecule has 3 heterocycles. The maximum atomic E-state index is 12.7. The number of benzene rings is 1. The van der Waals surface area contributed by atoms with Crippen LogP contribution < -0.4 is 10.6 Å². The van der Waals surface area contributed by atoms with Crippen LogP contribution in [-0.4, -0.2) is 58.5 Å². The highest BCUT2D eigenvalue weighted by Gasteiger charge is 2.28. The van der Waals surface area contributed by atoms with E-state index in [0.29, 0.717) is 25.1 Å². The normalized spacial score (nSPS) is 17.8. The summed E-state index contributed by atoms with van der Waals surface area (Å²) in [5.41, 5.74) is 2.97. The molecule has 2 aromatic rings. The van der Waals surface area contributed by atoms with E-state index in [4.69, 9.17) is 4.98 Å². The molecular weight excluding hydrogens is 444 g/mol. The van der Waals surface area contributed by atoms with Crippen LogP contribution in [-0.2, 0) is 27.2 Å². The minimum absolute atomic E-state index is 0.0835. The van der Waals surface area contributed by atoms with Crippen molar-refractivity contribution in [2.75, 3.05) is 25.0 Å². The zero-order valence-corrected chi connectivity index (χ0v) is 20.0. The number of pyridine rings is 1. The number of aryl methyl sites for hydroxylation is 2. The number of aliphatic carboxylic acids is 1. The highest BCUT2D eigenvalue weighted by molar-refractivity contribution is 5.80. The number of anilines is 1. The van der Waals surface area contributed by atoms with Crippen molar-refractivity contribution >= 4 is 23.6 Å². The molecule has 0 aliphatic carbocycles. The number of nitrogens with one attached hydrogen (secondary N) is 2. The second-order valence-corrected chi connectivity index (χ2v) is 9.43. The van der Waals surface area contributed by atoms with Crippen molar-refractivity contribution < 1.29 is 19.5 Å². The van der Waals surface area contributed by atoms with Gasteiger partial charge >= 0.3 is 5.97 Å². The number of nitrogens with zero attached hydrogens (tertiary/aromatic N) is 2. The molecule has 0 unspecified atom stereocenters. The molecule has 8 heteroatoms. The zero-order chi connectivity index (χ0) is 24.6. The lowest BCUT2D eigenvalue weighted by atomic mass is 9.94. The van der Waals surface area contributed by atoms with Crippen LogP contribution >= 0.6 is 0 Å². The molecule has 0 saturated carbocycles. The summed E-state index contributed by atoms with van der Waals surface area (Å²) in [4.78, 5) is 43.2. The number of hydrogen-bond donors (Lipinski definition) is 3. The molecule has 0 radical (unpaired) electrons. The van der Waals surface area contributed by atoms with E-state index in [9.17, 15) is 19.5 Å². The summed E-state index contributed by atoms with van der Waals surface area (Å²) >= 11 is 0. The molecule has 3 N–H and O–H groups in total. The van der Waals surface area contributed by atoms with Crippen LogP contribution in [0, 0.1) is 0 Å². The highest BCUT2D eigenvalue weighted by atomic mass is 16.4. The maximum absolute atomic E-state index is 12.7. The standard InChI is InChI=1S/C27H34N4O4/c32-24(14-13-23(27(34)35)19-6-2-1-3-7-19)29-22-15-17-31(18-22)25(33)10-4-9-21-12-11-20-8-5-16-28-26(20)30-21/h1-3,6-7,11-12,22-23H,4-5,8-10,13-18H2,(H,28,30)(H,29,32)(H,34,35)/t22-,23+/m0/s1. The minimum atomic E-state index is -0.927. The number of carboxylic acids is 1. The van der Waals surface area contributed by atoms with Crippen LogP contribution in [0.4, 0.5) is 5.82 Å². The fourth-order valence-corrected chi connectivity index (χ4v) is 4.88. The van der Waals surface area contributed by atoms with Crippen LogP contribution in [0.5, 0.6) is 0 Å². The Morgan fingerprint density at radius 2 is 1.97 bits per heavy atom. The monoisotopic (exact) mass is 478 g/mol. The van der Waals surface area contributed by atoms with E-state index in [1.54, 1.807) is 24.3 Å². The number of carboxylic acid groups (broad SMARTS) is 1. The summed E-state index contributed by atoms with van der Waals surface area (Å²) in [6.45, 7) is 2.10. The van der Waals surface area contributed by atoms with Gasteiger partial charge in [0.1, 0.15) is 5.82 Å². The number of aromatic nitrogens is 1. The van der Waals surface area contributed by atoms with E-state index >= 15 is 0 Å². The molecular formula is C27H34N4O4. The van der Waals surface area contributed by atoms with Crippen molar-refractivity contribution in [1.29, 1.82) is 0 Å². The van der Waals surface area contributed by atoms with Crippen molar-refractivity contribution in [3.63, 3.8) is 0 Å². The van der Waals surface area contributed by atoms with Crippen LogP contribution in [0.25, 0.3) is 0 Å². The van der Waals surface area contributed by atoms with Gasteiger partial charge in [-0.2, -0.15) is 0 Å². The van der Waals surface area contributed by atoms with Gasteiger partial charge in [0.15, 0.2) is 0 Å². The largest absolute Gasteiger partial charge is 0.481 e. The van der Waals surface area contributed by atoms with Crippen molar-refractivity contribution in [3.05, 3.63) is 59.3 Å². The van der Waals surface area contributed by atoms with Gasteiger partial charge in [0.05, 0.1) is 5.92 Å². The van der Waals surface area contributed by atoms with Gasteiger partial charge in [-0.1, -0.05) is 36.4 Å². The first-order valence-corrected chi connectivity index (χ1v) is 12.6. The van der Waals surface area contributed by atoms with Gasteiger partial charge in [0, 0.05) is 44.2 Å². The molecule has 1 fully saturated rings. The Labute approximate surface area is 206 Å². The van der Waals surface area contributed by atoms with Crippen LogP contribution in [0.3, 0.4) is 0 Å². The first kappa shape index (κ1) is 24.7. The molecule has 2 aliphatic rings. The number of hydrogen-bond acceptors (Lipinski definition) is 5. The van der Waals surface area contributed by atoms with Gasteiger partial charge in [-0.3, -0.25) is 14.4 Å². The first-order chi connectivity index (χ1) is 17.0. The SMILES string of the molecule is O=C(CC[C@@H](C(=O)O)c1ccccc1)N[C@H]1CCN(C(=O)CCCc2ccc3c(n2)NCCC3)C1. The van der Waals surface area contributed by atoms with Crippen LogP contribution in [0.2, 0.25) is 0 Å². The van der Waals surface area contributed by atoms with E-state index in [-0.39, 0.29) is 30.7 Å². The summed E-state index contributed by atoms with van der Waals surface area (Å²) in [6.07, 6.45) is 5.27. The molecule has 4 rings (SSSR count). The first-order valence-electron chi connectivity index (χ1n) is 12.6. The van der Waals surface area contributed by atoms with Gasteiger partial charge in [-0.25, -0.2) is 4.98 Å². The number of fused-ring (bicyclic) bond motifs is 1. The molecule has 0 spiro atoms. The Kier molecular flexibility index (Phi) is 8.34. The smallest absolute Gasteiger partial charge is 0.310 e. The van der Waals surface area contributed by atoms with Crippen LogP contribution in [0.15, 0.2) is 42.5 Å². The molecule has 2 atom stereocenters. The third kappa shape index (κ3) is 6.81. The van der Waals surface area contributed by atoms with E-state index < -0.39 is 11.9 Å². The molecule has 1 saturated heterocycles. The molecule has 2 amide bonds. The summed E-state index contributed by atoms with van der Waals surface area (Å²) in [6, 6.07) is 13.1. The fourth-order valence-electron chi connectivity index (χ4n) is 4.88. The lowest BCUT2D eigenvalue weighted by Gasteiger charge is -2.18. The lowest BCUT2D eigenvalue weighted by molar-refractivity contribution is -0.139. The molecule has 1 aromatic carbocycles. The quantitative estimate of drug-likeness (QED) is 0.484. The predicted octanol–water partition coefficient (Wildman–Crippen LogP) is 3.13. The highest BCUT2D eigenvalue weighted by Crippen LogP contribution is 2.22. The molecule has 8 nitrogen and oxygen atoms in total. The van der Waals surface area contributed by atoms with Crippen molar-refractivity contribution in [2.45, 2.75) is 63.3 Å². The van der Waals surface area contributed by atoms with Crippen molar-refractivity contribution in [3.8, 4) is 0 Å². The summed E-state index contributed by atoms with van der Waals surface area (Å²) in [5.74, 6) is -0.712. The Morgan fingerprint density at radius 3 is 2.77 bits per heavy atom. The summed E-state index contributed by atoms with van der Waals surface area (Å²) < 4.78 is 0. The minimum Gasteiger partial charge on any atom is -0.481 e. The molecule has 1 aromatic heterocycles. The second-order valence-electron chi connectivity index (χ2n) is 9.43. The van der Waals surface area contributed by atoms with Gasteiger partial charge in [0.25, 0.3) is 0 Å². The van der Waals surface area contributed by atoms with E-state index in [1.165, 1.54) is 5.56 Å². The predicted molar refractivity (Wildman–Crippen MR) is 133 cm³/mol. The van der Waals surface area contributed by atoms with Crippen molar-refractivity contribution in [1.82, 2.24) is 15.2 Å². The van der Waals surface area contributed by atoms with Gasteiger partial charge in [-0.05, 0) is 55.7 Å². The Bertz CT molecular complexity index is 1040. The van der Waals surface area contributed by atoms with Gasteiger partial charge in [0.2, 0.25) is 11.8 Å². The number of carbonyl (C=O) groups is 3. The van der Waals surface area contributed by atoms with Crippen LogP contribution in [0.1, 0.15) is 61.3 Å². The number of rotatable bonds is 10. The number of likely N-dealkylation sites (tertiary alicyclic amines) is 1. The Balaban J connectivity index is 1.17. The third-order valence-electron chi connectivity index (χ3n) is 6.84. The Morgan fingerprint density at radius 1 is 1.14 bits per heavy atom. The average Bonchev–Trinajstić information content (AvgIpc) is 3.33. The van der Waals surface area contributed by atoms with E-state index in [1.807, 2.05) is 11.0 Å². The molecule has 35 heavy (non-hydrogen) atoms. The second kappa shape index (κ2) is 11.8. The number of amides is 2. The Hall–Kier alpha value is -3.42. The topological polar surface area (TPSA) is 112 Å². The summed E-state index contributed by atoms with van der Waals surface area (Å²) in [5, 5.41) is 15.9.